The van der Waals surface area contributed by atoms with E-state index in [0.29, 0.717) is 23.6 Å². The topological polar surface area (TPSA) is 99.6 Å². The minimum absolute atomic E-state index is 0.0854. The predicted octanol–water partition coefficient (Wildman–Crippen LogP) is 5.92. The number of nitrogens with one attached hydrogen (secondary N) is 2. The fourth-order valence-corrected chi connectivity index (χ4v) is 7.43. The Kier molecular flexibility index (Phi) is 8.61. The van der Waals surface area contributed by atoms with Gasteiger partial charge in [0.15, 0.2) is 5.82 Å². The monoisotopic (exact) mass is 624 g/mol. The maximum atomic E-state index is 13.2. The summed E-state index contributed by atoms with van der Waals surface area (Å²) >= 11 is 1.59. The first-order chi connectivity index (χ1) is 21.6. The standard InChI is InChI=1S/C35H40N6O3S/c1-21(2)41-18-17-39(4)34(43)31(41)23-13-15-25(16-14-23)36-32-35(44)40(5)20-28(37-32)26-10-8-11-27(22(26)3)38-33(42)30-19-24-9-6-7-12-29(24)45-30/h8,10-11,13-16,19-21,31H,6-7,9,12,17-18H2,1-5H3,(H,36,37)(H,38,42). The number of likely N-dealkylation sites (N-methyl/N-ethyl adjacent to an activating group) is 1. The van der Waals surface area contributed by atoms with Crippen LogP contribution in [-0.4, -0.2) is 57.3 Å². The van der Waals surface area contributed by atoms with Crippen LogP contribution in [0, 0.1) is 6.92 Å². The third-order valence-electron chi connectivity index (χ3n) is 8.94. The molecule has 45 heavy (non-hydrogen) atoms. The van der Waals surface area contributed by atoms with Gasteiger partial charge < -0.3 is 20.1 Å². The van der Waals surface area contributed by atoms with Gasteiger partial charge in [-0.15, -0.1) is 11.3 Å². The summed E-state index contributed by atoms with van der Waals surface area (Å²) in [6.45, 7) is 7.70. The van der Waals surface area contributed by atoms with Crippen molar-refractivity contribution in [2.75, 3.05) is 30.8 Å². The van der Waals surface area contributed by atoms with Gasteiger partial charge in [-0.2, -0.15) is 0 Å². The molecule has 9 nitrogen and oxygen atoms in total. The molecule has 0 saturated carbocycles. The van der Waals surface area contributed by atoms with Gasteiger partial charge in [0.1, 0.15) is 6.04 Å². The molecule has 1 aliphatic heterocycles. The zero-order valence-electron chi connectivity index (χ0n) is 26.5. The number of thiophene rings is 1. The highest BCUT2D eigenvalue weighted by Crippen LogP contribution is 2.33. The zero-order chi connectivity index (χ0) is 31.8. The minimum atomic E-state index is -0.340. The number of hydrogen-bond donors (Lipinski definition) is 2. The van der Waals surface area contributed by atoms with E-state index in [1.54, 1.807) is 29.5 Å². The molecule has 0 spiro atoms. The van der Waals surface area contributed by atoms with E-state index in [0.717, 1.165) is 41.0 Å². The van der Waals surface area contributed by atoms with Crippen LogP contribution in [0.1, 0.15) is 64.0 Å². The summed E-state index contributed by atoms with van der Waals surface area (Å²) < 4.78 is 1.51. The molecule has 1 aliphatic carbocycles. The Hall–Kier alpha value is -4.28. The fourth-order valence-electron chi connectivity index (χ4n) is 6.28. The van der Waals surface area contributed by atoms with Gasteiger partial charge in [0.2, 0.25) is 5.91 Å². The second-order valence-electron chi connectivity index (χ2n) is 12.3. The Morgan fingerprint density at radius 1 is 1.02 bits per heavy atom. The van der Waals surface area contributed by atoms with Crippen molar-refractivity contribution in [3.63, 3.8) is 0 Å². The van der Waals surface area contributed by atoms with Crippen LogP contribution in [0.3, 0.4) is 0 Å². The number of nitrogens with zero attached hydrogens (tertiary/aromatic N) is 4. The highest BCUT2D eigenvalue weighted by atomic mass is 32.1. The summed E-state index contributed by atoms with van der Waals surface area (Å²) in [7, 11) is 3.55. The number of carbonyl (C=O) groups excluding carboxylic acids is 2. The second-order valence-corrected chi connectivity index (χ2v) is 13.5. The van der Waals surface area contributed by atoms with E-state index in [1.807, 2.05) is 62.5 Å². The van der Waals surface area contributed by atoms with Gasteiger partial charge in [0, 0.05) is 61.2 Å². The maximum Gasteiger partial charge on any atom is 0.293 e. The molecule has 2 amide bonds. The van der Waals surface area contributed by atoms with Crippen LogP contribution < -0.4 is 16.2 Å². The van der Waals surface area contributed by atoms with E-state index in [4.69, 9.17) is 4.98 Å². The Bertz CT molecular complexity index is 1790. The molecule has 1 atom stereocenters. The number of carbonyl (C=O) groups is 2. The Labute approximate surface area is 267 Å². The fraction of sp³-hybridized carbons (Fsp3) is 0.371. The van der Waals surface area contributed by atoms with Gasteiger partial charge in [0.25, 0.3) is 11.5 Å². The van der Waals surface area contributed by atoms with Crippen molar-refractivity contribution in [3.8, 4) is 11.3 Å². The molecule has 2 aromatic heterocycles. The van der Waals surface area contributed by atoms with E-state index >= 15 is 0 Å². The summed E-state index contributed by atoms with van der Waals surface area (Å²) in [6.07, 6.45) is 6.16. The quantitative estimate of drug-likeness (QED) is 0.265. The molecule has 2 aliphatic rings. The molecule has 10 heteroatoms. The van der Waals surface area contributed by atoms with Gasteiger partial charge in [-0.25, -0.2) is 4.98 Å². The highest BCUT2D eigenvalue weighted by molar-refractivity contribution is 7.14. The first-order valence-electron chi connectivity index (χ1n) is 15.6. The van der Waals surface area contributed by atoms with Crippen molar-refractivity contribution in [2.24, 2.45) is 7.05 Å². The molecule has 1 saturated heterocycles. The summed E-state index contributed by atoms with van der Waals surface area (Å²) in [4.78, 5) is 50.2. The molecule has 2 N–H and O–H groups in total. The van der Waals surface area contributed by atoms with Crippen LogP contribution >= 0.6 is 11.3 Å². The summed E-state index contributed by atoms with van der Waals surface area (Å²) in [5, 5.41) is 6.30. The first kappa shape index (κ1) is 30.7. The summed E-state index contributed by atoms with van der Waals surface area (Å²) in [6, 6.07) is 15.3. The van der Waals surface area contributed by atoms with Crippen molar-refractivity contribution in [3.05, 3.63) is 91.5 Å². The number of aryl methyl sites for hydroxylation is 3. The largest absolute Gasteiger partial charge is 0.343 e. The summed E-state index contributed by atoms with van der Waals surface area (Å²) in [5.41, 5.74) is 5.66. The minimum Gasteiger partial charge on any atom is -0.343 e. The number of hydrogen-bond acceptors (Lipinski definition) is 7. The normalized spacial score (nSPS) is 17.0. The van der Waals surface area contributed by atoms with Gasteiger partial charge in [-0.05, 0) is 87.4 Å². The molecule has 0 radical (unpaired) electrons. The van der Waals surface area contributed by atoms with Crippen LogP contribution in [0.4, 0.5) is 17.2 Å². The van der Waals surface area contributed by atoms with Gasteiger partial charge >= 0.3 is 0 Å². The van der Waals surface area contributed by atoms with Gasteiger partial charge in [0.05, 0.1) is 10.6 Å². The molecular weight excluding hydrogens is 584 g/mol. The number of anilines is 3. The molecule has 1 unspecified atom stereocenters. The van der Waals surface area contributed by atoms with E-state index in [9.17, 15) is 14.4 Å². The molecule has 2 aromatic carbocycles. The number of benzene rings is 2. The van der Waals surface area contributed by atoms with E-state index < -0.39 is 0 Å². The smallest absolute Gasteiger partial charge is 0.293 e. The van der Waals surface area contributed by atoms with Crippen molar-refractivity contribution >= 4 is 40.3 Å². The number of rotatable bonds is 7. The van der Waals surface area contributed by atoms with Crippen molar-refractivity contribution < 1.29 is 9.59 Å². The van der Waals surface area contributed by atoms with Gasteiger partial charge in [-0.1, -0.05) is 24.3 Å². The number of aromatic nitrogens is 2. The molecule has 6 rings (SSSR count). The molecule has 3 heterocycles. The van der Waals surface area contributed by atoms with E-state index in [2.05, 4.69) is 29.4 Å². The first-order valence-corrected chi connectivity index (χ1v) is 16.4. The molecule has 0 bridgehead atoms. The maximum absolute atomic E-state index is 13.2. The summed E-state index contributed by atoms with van der Waals surface area (Å²) in [5.74, 6) is 0.173. The number of piperazine rings is 1. The number of amides is 2. The average Bonchev–Trinajstić information content (AvgIpc) is 3.47. The third kappa shape index (κ3) is 6.17. The van der Waals surface area contributed by atoms with Crippen LogP contribution in [0.15, 0.2) is 59.5 Å². The van der Waals surface area contributed by atoms with Crippen molar-refractivity contribution in [1.29, 1.82) is 0 Å². The second kappa shape index (κ2) is 12.6. The molecule has 4 aromatic rings. The Balaban J connectivity index is 1.24. The van der Waals surface area contributed by atoms with Crippen LogP contribution in [-0.2, 0) is 24.7 Å². The zero-order valence-corrected chi connectivity index (χ0v) is 27.3. The van der Waals surface area contributed by atoms with Crippen LogP contribution in [0.25, 0.3) is 11.3 Å². The Morgan fingerprint density at radius 2 is 1.78 bits per heavy atom. The van der Waals surface area contributed by atoms with Crippen LogP contribution in [0.2, 0.25) is 0 Å². The van der Waals surface area contributed by atoms with E-state index in [1.165, 1.54) is 27.8 Å². The number of fused-ring (bicyclic) bond motifs is 1. The SMILES string of the molecule is Cc1c(NC(=O)c2cc3c(s2)CCCC3)cccc1-c1cn(C)c(=O)c(Nc2ccc(C3C(=O)N(C)CCN3C(C)C)cc2)n1. The molecule has 1 fully saturated rings. The van der Waals surface area contributed by atoms with Crippen molar-refractivity contribution in [2.45, 2.75) is 58.5 Å². The third-order valence-corrected chi connectivity index (χ3v) is 10.2. The lowest BCUT2D eigenvalue weighted by atomic mass is 9.99. The lowest BCUT2D eigenvalue weighted by molar-refractivity contribution is -0.141. The highest BCUT2D eigenvalue weighted by Gasteiger charge is 2.35. The lowest BCUT2D eigenvalue weighted by Crippen LogP contribution is -2.52. The molecule has 234 valence electrons. The van der Waals surface area contributed by atoms with Crippen LogP contribution in [0.5, 0.6) is 0 Å². The van der Waals surface area contributed by atoms with Gasteiger partial charge in [-0.3, -0.25) is 19.3 Å². The van der Waals surface area contributed by atoms with E-state index in [-0.39, 0.29) is 35.3 Å². The average molecular weight is 625 g/mol. The Morgan fingerprint density at radius 3 is 2.51 bits per heavy atom. The lowest BCUT2D eigenvalue weighted by Gasteiger charge is -2.41. The predicted molar refractivity (Wildman–Crippen MR) is 181 cm³/mol. The van der Waals surface area contributed by atoms with Crippen molar-refractivity contribution in [1.82, 2.24) is 19.4 Å². The molecular formula is C35H40N6O3S.